The zero-order chi connectivity index (χ0) is 11.5. The van der Waals surface area contributed by atoms with Crippen LogP contribution in [0.3, 0.4) is 0 Å². The van der Waals surface area contributed by atoms with Crippen LogP contribution in [0.1, 0.15) is 26.0 Å². The van der Waals surface area contributed by atoms with Crippen molar-refractivity contribution in [3.63, 3.8) is 0 Å². The van der Waals surface area contributed by atoms with E-state index in [1.54, 1.807) is 24.9 Å². The Morgan fingerprint density at radius 2 is 2.33 bits per heavy atom. The summed E-state index contributed by atoms with van der Waals surface area (Å²) in [6.07, 6.45) is 2.14. The van der Waals surface area contributed by atoms with Gasteiger partial charge in [-0.05, 0) is 13.3 Å². The number of methoxy groups -OCH3 is 1. The number of aliphatic hydroxyl groups is 1. The lowest BCUT2D eigenvalue weighted by molar-refractivity contribution is 0.0418. The summed E-state index contributed by atoms with van der Waals surface area (Å²) in [5, 5.41) is 14.8. The molecule has 0 aliphatic carbocycles. The molecule has 1 aromatic rings. The number of halogens is 1. The summed E-state index contributed by atoms with van der Waals surface area (Å²) in [5.74, 6) is 0. The molecule has 0 aromatic carbocycles. The van der Waals surface area contributed by atoms with Crippen LogP contribution >= 0.6 is 11.6 Å². The number of hydrogen-bond donors (Lipinski definition) is 1. The fraction of sp³-hybridized carbons (Fsp3) is 0.700. The number of rotatable bonds is 5. The van der Waals surface area contributed by atoms with Gasteiger partial charge in [-0.15, -0.1) is 0 Å². The molecule has 0 aliphatic rings. The van der Waals surface area contributed by atoms with Crippen LogP contribution in [0.5, 0.6) is 0 Å². The molecule has 0 saturated carbocycles. The zero-order valence-corrected chi connectivity index (χ0v) is 10.1. The second-order valence-electron chi connectivity index (χ2n) is 3.68. The van der Waals surface area contributed by atoms with Crippen LogP contribution in [0.15, 0.2) is 6.20 Å². The van der Waals surface area contributed by atoms with Crippen molar-refractivity contribution in [3.8, 4) is 0 Å². The van der Waals surface area contributed by atoms with Gasteiger partial charge in [-0.3, -0.25) is 4.68 Å². The van der Waals surface area contributed by atoms with E-state index in [2.05, 4.69) is 5.10 Å². The second kappa shape index (κ2) is 4.96. The molecule has 0 radical (unpaired) electrons. The van der Waals surface area contributed by atoms with Gasteiger partial charge in [-0.25, -0.2) is 0 Å². The Balaban J connectivity index is 2.98. The van der Waals surface area contributed by atoms with Gasteiger partial charge in [0.1, 0.15) is 5.60 Å². The molecule has 1 unspecified atom stereocenters. The molecule has 0 aliphatic heterocycles. The van der Waals surface area contributed by atoms with Gasteiger partial charge < -0.3 is 9.84 Å². The van der Waals surface area contributed by atoms with Gasteiger partial charge in [0.25, 0.3) is 0 Å². The Bertz CT molecular complexity index is 323. The van der Waals surface area contributed by atoms with Crippen molar-refractivity contribution in [2.24, 2.45) is 0 Å². The number of nitrogens with zero attached hydrogens (tertiary/aromatic N) is 2. The highest BCUT2D eigenvalue weighted by Crippen LogP contribution is 2.30. The van der Waals surface area contributed by atoms with Crippen molar-refractivity contribution < 1.29 is 9.84 Å². The minimum atomic E-state index is -0.943. The molecular formula is C10H17ClN2O2. The van der Waals surface area contributed by atoms with E-state index < -0.39 is 5.60 Å². The van der Waals surface area contributed by atoms with E-state index in [0.717, 1.165) is 0 Å². The van der Waals surface area contributed by atoms with Gasteiger partial charge in [-0.2, -0.15) is 5.10 Å². The summed E-state index contributed by atoms with van der Waals surface area (Å²) in [4.78, 5) is 0. The molecule has 0 fully saturated rings. The van der Waals surface area contributed by atoms with E-state index in [-0.39, 0.29) is 0 Å². The van der Waals surface area contributed by atoms with E-state index in [0.29, 0.717) is 30.3 Å². The van der Waals surface area contributed by atoms with Crippen molar-refractivity contribution in [2.75, 3.05) is 13.7 Å². The minimum absolute atomic E-state index is 0.498. The van der Waals surface area contributed by atoms with E-state index >= 15 is 0 Å². The van der Waals surface area contributed by atoms with E-state index in [1.165, 1.54) is 0 Å². The molecule has 4 nitrogen and oxygen atoms in total. The SMILES string of the molecule is CCC(C)(O)c1c(Cl)cnn1CCOC. The third-order valence-electron chi connectivity index (χ3n) is 2.50. The molecular weight excluding hydrogens is 216 g/mol. The molecule has 86 valence electrons. The van der Waals surface area contributed by atoms with Crippen LogP contribution in [-0.4, -0.2) is 28.6 Å². The van der Waals surface area contributed by atoms with Crippen LogP contribution in [0, 0.1) is 0 Å². The van der Waals surface area contributed by atoms with Crippen LogP contribution in [0.4, 0.5) is 0 Å². The first kappa shape index (κ1) is 12.5. The fourth-order valence-corrected chi connectivity index (χ4v) is 1.76. The summed E-state index contributed by atoms with van der Waals surface area (Å²) >= 11 is 6.00. The number of aromatic nitrogens is 2. The summed E-state index contributed by atoms with van der Waals surface area (Å²) in [5.41, 5.74) is -0.287. The molecule has 1 atom stereocenters. The lowest BCUT2D eigenvalue weighted by Gasteiger charge is -2.23. The molecule has 1 heterocycles. The molecule has 5 heteroatoms. The highest BCUT2D eigenvalue weighted by atomic mass is 35.5. The predicted octanol–water partition coefficient (Wildman–Crippen LogP) is 1.80. The first-order valence-electron chi connectivity index (χ1n) is 4.96. The predicted molar refractivity (Wildman–Crippen MR) is 59.0 cm³/mol. The van der Waals surface area contributed by atoms with Gasteiger partial charge in [0.05, 0.1) is 30.1 Å². The second-order valence-corrected chi connectivity index (χ2v) is 4.09. The van der Waals surface area contributed by atoms with Gasteiger partial charge in [-0.1, -0.05) is 18.5 Å². The largest absolute Gasteiger partial charge is 0.384 e. The van der Waals surface area contributed by atoms with Crippen LogP contribution in [0.2, 0.25) is 5.02 Å². The molecule has 0 saturated heterocycles. The first-order chi connectivity index (χ1) is 7.03. The lowest BCUT2D eigenvalue weighted by atomic mass is 9.99. The Morgan fingerprint density at radius 3 is 2.87 bits per heavy atom. The van der Waals surface area contributed by atoms with Gasteiger partial charge in [0, 0.05) is 7.11 Å². The summed E-state index contributed by atoms with van der Waals surface area (Å²) in [6, 6.07) is 0. The Morgan fingerprint density at radius 1 is 1.67 bits per heavy atom. The molecule has 0 spiro atoms. The Hall–Kier alpha value is -0.580. The molecule has 1 N–H and O–H groups in total. The van der Waals surface area contributed by atoms with Crippen LogP contribution < -0.4 is 0 Å². The average molecular weight is 233 g/mol. The lowest BCUT2D eigenvalue weighted by Crippen LogP contribution is -2.26. The maximum Gasteiger partial charge on any atom is 0.105 e. The normalized spacial score (nSPS) is 15.3. The number of ether oxygens (including phenoxy) is 1. The fourth-order valence-electron chi connectivity index (χ4n) is 1.41. The topological polar surface area (TPSA) is 47.3 Å². The molecule has 15 heavy (non-hydrogen) atoms. The number of hydrogen-bond acceptors (Lipinski definition) is 3. The zero-order valence-electron chi connectivity index (χ0n) is 9.33. The smallest absolute Gasteiger partial charge is 0.105 e. The summed E-state index contributed by atoms with van der Waals surface area (Å²) < 4.78 is 6.66. The third kappa shape index (κ3) is 2.71. The maximum atomic E-state index is 10.2. The quantitative estimate of drug-likeness (QED) is 0.842. The monoisotopic (exact) mass is 232 g/mol. The molecule has 1 rings (SSSR count). The Kier molecular flexibility index (Phi) is 4.13. The minimum Gasteiger partial charge on any atom is -0.384 e. The first-order valence-corrected chi connectivity index (χ1v) is 5.33. The molecule has 0 amide bonds. The van der Waals surface area contributed by atoms with Crippen molar-refractivity contribution in [2.45, 2.75) is 32.4 Å². The van der Waals surface area contributed by atoms with E-state index in [4.69, 9.17) is 16.3 Å². The highest BCUT2D eigenvalue weighted by Gasteiger charge is 2.28. The summed E-state index contributed by atoms with van der Waals surface area (Å²) in [7, 11) is 1.63. The van der Waals surface area contributed by atoms with Crippen molar-refractivity contribution in [1.82, 2.24) is 9.78 Å². The van der Waals surface area contributed by atoms with Gasteiger partial charge >= 0.3 is 0 Å². The van der Waals surface area contributed by atoms with E-state index in [1.807, 2.05) is 6.92 Å². The van der Waals surface area contributed by atoms with Crippen LogP contribution in [-0.2, 0) is 16.9 Å². The van der Waals surface area contributed by atoms with Gasteiger partial charge in [0.2, 0.25) is 0 Å². The van der Waals surface area contributed by atoms with E-state index in [9.17, 15) is 5.11 Å². The highest BCUT2D eigenvalue weighted by molar-refractivity contribution is 6.31. The van der Waals surface area contributed by atoms with Crippen molar-refractivity contribution in [1.29, 1.82) is 0 Å². The van der Waals surface area contributed by atoms with Gasteiger partial charge in [0.15, 0.2) is 0 Å². The van der Waals surface area contributed by atoms with Crippen molar-refractivity contribution >= 4 is 11.6 Å². The Labute approximate surface area is 94.8 Å². The maximum absolute atomic E-state index is 10.2. The standard InChI is InChI=1S/C10H17ClN2O2/c1-4-10(2,14)9-8(11)7-12-13(9)5-6-15-3/h7,14H,4-6H2,1-3H3. The summed E-state index contributed by atoms with van der Waals surface area (Å²) in [6.45, 7) is 4.78. The third-order valence-corrected chi connectivity index (χ3v) is 2.78. The molecule has 1 aromatic heterocycles. The van der Waals surface area contributed by atoms with Crippen LogP contribution in [0.25, 0.3) is 0 Å². The molecule has 0 bridgehead atoms. The average Bonchev–Trinajstić information content (AvgIpc) is 2.57. The van der Waals surface area contributed by atoms with Crippen molar-refractivity contribution in [3.05, 3.63) is 16.9 Å².